The molecular formula is C22H28FN5O3. The number of carbonyl (C=O) groups excluding carboxylic acids is 2. The number of piperazine rings is 1. The molecular weight excluding hydrogens is 401 g/mol. The molecule has 9 heteroatoms. The van der Waals surface area contributed by atoms with Crippen molar-refractivity contribution in [3.8, 4) is 0 Å². The van der Waals surface area contributed by atoms with Crippen LogP contribution in [-0.4, -0.2) is 66.1 Å². The molecule has 2 heterocycles. The molecule has 0 saturated carbocycles. The molecule has 1 aromatic carbocycles. The number of halogens is 1. The van der Waals surface area contributed by atoms with Gasteiger partial charge in [-0.2, -0.15) is 0 Å². The second-order valence-electron chi connectivity index (χ2n) is 7.60. The number of rotatable bonds is 6. The number of nitrogens with one attached hydrogen (secondary N) is 2. The highest BCUT2D eigenvalue weighted by Crippen LogP contribution is 2.22. The molecule has 0 bridgehead atoms. The monoisotopic (exact) mass is 429 g/mol. The summed E-state index contributed by atoms with van der Waals surface area (Å²) in [4.78, 5) is 32.1. The van der Waals surface area contributed by atoms with Gasteiger partial charge in [0.15, 0.2) is 5.82 Å². The third-order valence-corrected chi connectivity index (χ3v) is 5.22. The number of aromatic nitrogens is 1. The van der Waals surface area contributed by atoms with Crippen LogP contribution in [0.4, 0.5) is 20.6 Å². The number of pyridine rings is 1. The molecule has 0 unspecified atom stereocenters. The molecule has 1 saturated heterocycles. The maximum absolute atomic E-state index is 15.1. The summed E-state index contributed by atoms with van der Waals surface area (Å²) in [5.74, 6) is -0.467. The van der Waals surface area contributed by atoms with Crippen molar-refractivity contribution in [1.29, 1.82) is 0 Å². The summed E-state index contributed by atoms with van der Waals surface area (Å²) in [6.45, 7) is 5.98. The molecule has 2 N–H and O–H groups in total. The third kappa shape index (κ3) is 5.99. The number of ether oxygens (including phenoxy) is 1. The fourth-order valence-electron chi connectivity index (χ4n) is 3.68. The van der Waals surface area contributed by atoms with E-state index in [1.807, 2.05) is 6.92 Å². The Morgan fingerprint density at radius 2 is 2.03 bits per heavy atom. The number of hydrogen-bond acceptors (Lipinski definition) is 5. The molecule has 2 aromatic rings. The molecule has 0 spiro atoms. The molecule has 0 radical (unpaired) electrons. The summed E-state index contributed by atoms with van der Waals surface area (Å²) >= 11 is 0. The SMILES string of the molecule is COC[C@@H]1CN(Cc2cccc(NC(=O)Nc3ccc(C)nc3)c2F)CCN1C(C)=O. The second-order valence-corrected chi connectivity index (χ2v) is 7.60. The zero-order valence-electron chi connectivity index (χ0n) is 18.0. The zero-order valence-corrected chi connectivity index (χ0v) is 18.0. The minimum absolute atomic E-state index is 0.00821. The Morgan fingerprint density at radius 3 is 2.71 bits per heavy atom. The van der Waals surface area contributed by atoms with Gasteiger partial charge in [0.1, 0.15) is 0 Å². The molecule has 0 aliphatic carbocycles. The number of aryl methyl sites for hydroxylation is 1. The van der Waals surface area contributed by atoms with Crippen molar-refractivity contribution >= 4 is 23.3 Å². The molecule has 1 fully saturated rings. The summed E-state index contributed by atoms with van der Waals surface area (Å²) in [6.07, 6.45) is 1.54. The first kappa shape index (κ1) is 22.6. The lowest BCUT2D eigenvalue weighted by molar-refractivity contribution is -0.135. The van der Waals surface area contributed by atoms with E-state index in [9.17, 15) is 9.59 Å². The highest BCUT2D eigenvalue weighted by Gasteiger charge is 2.29. The number of hydrogen-bond donors (Lipinski definition) is 2. The minimum atomic E-state index is -0.545. The van der Waals surface area contributed by atoms with Crippen LogP contribution in [0.5, 0.6) is 0 Å². The normalized spacial score (nSPS) is 16.8. The van der Waals surface area contributed by atoms with Gasteiger partial charge in [-0.1, -0.05) is 12.1 Å². The number of nitrogens with zero attached hydrogens (tertiary/aromatic N) is 3. The van der Waals surface area contributed by atoms with Crippen LogP contribution in [0.1, 0.15) is 18.2 Å². The fraction of sp³-hybridized carbons (Fsp3) is 0.409. The molecule has 1 aliphatic heterocycles. The van der Waals surface area contributed by atoms with Crippen molar-refractivity contribution < 1.29 is 18.7 Å². The van der Waals surface area contributed by atoms with Crippen LogP contribution in [0.15, 0.2) is 36.5 Å². The number of benzene rings is 1. The highest BCUT2D eigenvalue weighted by atomic mass is 19.1. The quantitative estimate of drug-likeness (QED) is 0.738. The van der Waals surface area contributed by atoms with Gasteiger partial charge in [0.25, 0.3) is 0 Å². The van der Waals surface area contributed by atoms with Crippen LogP contribution in [0, 0.1) is 12.7 Å². The van der Waals surface area contributed by atoms with Crippen LogP contribution in [0.2, 0.25) is 0 Å². The van der Waals surface area contributed by atoms with E-state index in [4.69, 9.17) is 4.74 Å². The van der Waals surface area contributed by atoms with Gasteiger partial charge in [0.2, 0.25) is 5.91 Å². The van der Waals surface area contributed by atoms with Gasteiger partial charge in [0, 0.05) is 51.5 Å². The standard InChI is InChI=1S/C22H28FN5O3/c1-15-7-8-18(11-24-15)25-22(30)26-20-6-4-5-17(21(20)23)12-27-9-10-28(16(2)29)19(13-27)14-31-3/h4-8,11,19H,9-10,12-14H2,1-3H3,(H2,25,26,30)/t19-/m0/s1. The first-order valence-corrected chi connectivity index (χ1v) is 10.1. The highest BCUT2D eigenvalue weighted by molar-refractivity contribution is 5.99. The van der Waals surface area contributed by atoms with Gasteiger partial charge in [-0.25, -0.2) is 9.18 Å². The number of anilines is 2. The maximum Gasteiger partial charge on any atom is 0.323 e. The van der Waals surface area contributed by atoms with E-state index >= 15 is 4.39 Å². The predicted molar refractivity (Wildman–Crippen MR) is 116 cm³/mol. The van der Waals surface area contributed by atoms with Gasteiger partial charge < -0.3 is 20.3 Å². The average molecular weight is 429 g/mol. The maximum atomic E-state index is 15.1. The van der Waals surface area contributed by atoms with E-state index in [1.165, 1.54) is 6.07 Å². The van der Waals surface area contributed by atoms with Crippen molar-refractivity contribution in [2.24, 2.45) is 0 Å². The molecule has 1 aromatic heterocycles. The smallest absolute Gasteiger partial charge is 0.323 e. The first-order valence-electron chi connectivity index (χ1n) is 10.1. The Morgan fingerprint density at radius 1 is 1.23 bits per heavy atom. The average Bonchev–Trinajstić information content (AvgIpc) is 2.73. The Hall–Kier alpha value is -3.04. The summed E-state index contributed by atoms with van der Waals surface area (Å²) in [5.41, 5.74) is 1.93. The van der Waals surface area contributed by atoms with E-state index in [1.54, 1.807) is 49.4 Å². The van der Waals surface area contributed by atoms with Crippen molar-refractivity contribution in [2.75, 3.05) is 44.0 Å². The third-order valence-electron chi connectivity index (χ3n) is 5.22. The Labute approximate surface area is 181 Å². The Bertz CT molecular complexity index is 922. The summed E-state index contributed by atoms with van der Waals surface area (Å²) in [7, 11) is 1.60. The van der Waals surface area contributed by atoms with Gasteiger partial charge in [-0.15, -0.1) is 0 Å². The fourth-order valence-corrected chi connectivity index (χ4v) is 3.68. The van der Waals surface area contributed by atoms with Crippen LogP contribution >= 0.6 is 0 Å². The molecule has 3 rings (SSSR count). The molecule has 8 nitrogen and oxygen atoms in total. The van der Waals surface area contributed by atoms with Gasteiger partial charge >= 0.3 is 6.03 Å². The molecule has 3 amide bonds. The van der Waals surface area contributed by atoms with Crippen molar-refractivity contribution in [3.63, 3.8) is 0 Å². The van der Waals surface area contributed by atoms with Gasteiger partial charge in [0.05, 0.1) is 30.2 Å². The number of urea groups is 1. The molecule has 1 atom stereocenters. The lowest BCUT2D eigenvalue weighted by Gasteiger charge is -2.40. The van der Waals surface area contributed by atoms with E-state index in [0.717, 1.165) is 5.69 Å². The van der Waals surface area contributed by atoms with Crippen LogP contribution in [0.3, 0.4) is 0 Å². The van der Waals surface area contributed by atoms with Crippen molar-refractivity contribution in [3.05, 3.63) is 53.6 Å². The number of carbonyl (C=O) groups is 2. The Kier molecular flexibility index (Phi) is 7.54. The van der Waals surface area contributed by atoms with Crippen molar-refractivity contribution in [1.82, 2.24) is 14.8 Å². The summed E-state index contributed by atoms with van der Waals surface area (Å²) < 4.78 is 20.3. The van der Waals surface area contributed by atoms with Crippen LogP contribution < -0.4 is 10.6 Å². The van der Waals surface area contributed by atoms with Crippen LogP contribution in [0.25, 0.3) is 0 Å². The lowest BCUT2D eigenvalue weighted by Crippen LogP contribution is -2.56. The molecule has 31 heavy (non-hydrogen) atoms. The van der Waals surface area contributed by atoms with E-state index in [2.05, 4.69) is 20.5 Å². The molecule has 1 aliphatic rings. The van der Waals surface area contributed by atoms with Gasteiger partial charge in [-0.05, 0) is 25.1 Å². The second kappa shape index (κ2) is 10.3. The van der Waals surface area contributed by atoms with E-state index < -0.39 is 11.8 Å². The minimum Gasteiger partial charge on any atom is -0.382 e. The number of methoxy groups -OCH3 is 1. The lowest BCUT2D eigenvalue weighted by atomic mass is 10.1. The largest absolute Gasteiger partial charge is 0.382 e. The zero-order chi connectivity index (χ0) is 22.4. The van der Waals surface area contributed by atoms with E-state index in [-0.39, 0.29) is 17.6 Å². The summed E-state index contributed by atoms with van der Waals surface area (Å²) in [6, 6.07) is 7.81. The van der Waals surface area contributed by atoms with E-state index in [0.29, 0.717) is 44.0 Å². The number of amides is 3. The summed E-state index contributed by atoms with van der Waals surface area (Å²) in [5, 5.41) is 5.20. The first-order chi connectivity index (χ1) is 14.9. The topological polar surface area (TPSA) is 86.8 Å². The van der Waals surface area contributed by atoms with Crippen molar-refractivity contribution in [2.45, 2.75) is 26.4 Å². The molecule has 166 valence electrons. The predicted octanol–water partition coefficient (Wildman–Crippen LogP) is 2.85. The Balaban J connectivity index is 1.64. The van der Waals surface area contributed by atoms with Gasteiger partial charge in [-0.3, -0.25) is 14.7 Å². The van der Waals surface area contributed by atoms with Crippen LogP contribution in [-0.2, 0) is 16.1 Å².